The minimum atomic E-state index is -4.76. The number of carbonyl (C=O) groups excluding carboxylic acids is 1. The molecule has 0 atom stereocenters. The topological polar surface area (TPSA) is 29.1 Å². The normalized spacial score (nSPS) is 35.9. The number of amides is 1. The van der Waals surface area contributed by atoms with E-state index in [2.05, 4.69) is 20.8 Å². The molecule has 0 spiro atoms. The fourth-order valence-electron chi connectivity index (χ4n) is 3.35. The number of hydrogen-bond acceptors (Lipinski definition) is 1. The zero-order valence-electron chi connectivity index (χ0n) is 10.4. The van der Waals surface area contributed by atoms with Crippen LogP contribution in [0.15, 0.2) is 0 Å². The first-order chi connectivity index (χ1) is 7.50. The fraction of sp³-hybridized carbons (Fsp3) is 0.917. The molecule has 0 aromatic carbocycles. The largest absolute Gasteiger partial charge is 0.471 e. The van der Waals surface area contributed by atoms with Crippen molar-refractivity contribution in [1.82, 2.24) is 5.32 Å². The average molecular weight is 249 g/mol. The first-order valence-electron chi connectivity index (χ1n) is 5.85. The van der Waals surface area contributed by atoms with Crippen molar-refractivity contribution in [2.24, 2.45) is 16.2 Å². The van der Waals surface area contributed by atoms with Gasteiger partial charge in [-0.2, -0.15) is 13.2 Å². The Bertz CT molecular complexity index is 334. The predicted molar refractivity (Wildman–Crippen MR) is 57.2 cm³/mol. The van der Waals surface area contributed by atoms with Crippen LogP contribution in [0.4, 0.5) is 13.2 Å². The van der Waals surface area contributed by atoms with Crippen LogP contribution in [-0.4, -0.2) is 18.6 Å². The average Bonchev–Trinajstić information content (AvgIpc) is 1.93. The third-order valence-corrected chi connectivity index (χ3v) is 4.61. The van der Waals surface area contributed by atoms with Gasteiger partial charge in [-0.1, -0.05) is 20.8 Å². The summed E-state index contributed by atoms with van der Waals surface area (Å²) in [5.74, 6) is -1.81. The van der Waals surface area contributed by atoms with Crippen molar-refractivity contribution < 1.29 is 18.0 Å². The minimum absolute atomic E-state index is 0.0474. The van der Waals surface area contributed by atoms with Gasteiger partial charge in [0.1, 0.15) is 0 Å². The van der Waals surface area contributed by atoms with Gasteiger partial charge >= 0.3 is 12.1 Å². The second kappa shape index (κ2) is 3.18. The molecule has 3 saturated carbocycles. The van der Waals surface area contributed by atoms with E-state index < -0.39 is 12.1 Å². The summed E-state index contributed by atoms with van der Waals surface area (Å²) in [6.45, 7) is 6.68. The van der Waals surface area contributed by atoms with Gasteiger partial charge in [0, 0.05) is 6.54 Å². The summed E-state index contributed by atoms with van der Waals surface area (Å²) in [6.07, 6.45) is -1.92. The lowest BCUT2D eigenvalue weighted by molar-refractivity contribution is -0.256. The highest BCUT2D eigenvalue weighted by Gasteiger charge is 2.71. The molecule has 3 fully saturated rings. The van der Waals surface area contributed by atoms with E-state index >= 15 is 0 Å². The molecule has 0 aromatic rings. The summed E-state index contributed by atoms with van der Waals surface area (Å²) in [5.41, 5.74) is 0.465. The van der Waals surface area contributed by atoms with Crippen LogP contribution >= 0.6 is 0 Å². The lowest BCUT2D eigenvalue weighted by Gasteiger charge is -2.76. The molecule has 98 valence electrons. The van der Waals surface area contributed by atoms with Gasteiger partial charge in [0.05, 0.1) is 0 Å². The van der Waals surface area contributed by atoms with E-state index in [1.165, 1.54) is 0 Å². The van der Waals surface area contributed by atoms with Crippen molar-refractivity contribution in [1.29, 1.82) is 0 Å². The molecular formula is C12H18F3NO. The number of rotatable bonds is 2. The predicted octanol–water partition coefficient (Wildman–Crippen LogP) is 2.88. The molecule has 0 aromatic heterocycles. The third kappa shape index (κ3) is 1.83. The molecule has 5 heteroatoms. The molecular weight excluding hydrogens is 231 g/mol. The van der Waals surface area contributed by atoms with E-state index in [-0.39, 0.29) is 17.4 Å². The summed E-state index contributed by atoms with van der Waals surface area (Å²) in [6, 6.07) is 0. The van der Waals surface area contributed by atoms with Crippen LogP contribution in [0.25, 0.3) is 0 Å². The number of nitrogens with one attached hydrogen (secondary N) is 1. The number of halogens is 3. The van der Waals surface area contributed by atoms with Gasteiger partial charge in [-0.3, -0.25) is 4.79 Å². The fourth-order valence-corrected chi connectivity index (χ4v) is 3.35. The molecule has 2 bridgehead atoms. The molecule has 0 saturated heterocycles. The van der Waals surface area contributed by atoms with Crippen molar-refractivity contribution in [3.63, 3.8) is 0 Å². The highest BCUT2D eigenvalue weighted by atomic mass is 19.4. The number of carbonyl (C=O) groups is 1. The quantitative estimate of drug-likeness (QED) is 0.801. The number of alkyl halides is 3. The minimum Gasteiger partial charge on any atom is -0.348 e. The van der Waals surface area contributed by atoms with Crippen LogP contribution in [0.1, 0.15) is 40.0 Å². The van der Waals surface area contributed by atoms with E-state index in [9.17, 15) is 18.0 Å². The molecule has 3 aliphatic rings. The Morgan fingerprint density at radius 3 is 2.00 bits per heavy atom. The van der Waals surface area contributed by atoms with Gasteiger partial charge in [-0.05, 0) is 35.5 Å². The molecule has 17 heavy (non-hydrogen) atoms. The van der Waals surface area contributed by atoms with Crippen molar-refractivity contribution in [2.45, 2.75) is 46.2 Å². The lowest BCUT2D eigenvalue weighted by atomic mass is 9.29. The van der Waals surface area contributed by atoms with E-state index in [4.69, 9.17) is 0 Å². The summed E-state index contributed by atoms with van der Waals surface area (Å²) >= 11 is 0. The molecule has 1 amide bonds. The van der Waals surface area contributed by atoms with Gasteiger partial charge in [0.25, 0.3) is 0 Å². The van der Waals surface area contributed by atoms with Gasteiger partial charge < -0.3 is 5.32 Å². The third-order valence-electron chi connectivity index (χ3n) is 4.61. The Morgan fingerprint density at radius 2 is 1.65 bits per heavy atom. The maximum Gasteiger partial charge on any atom is 0.471 e. The Balaban J connectivity index is 1.82. The van der Waals surface area contributed by atoms with Crippen molar-refractivity contribution in [2.75, 3.05) is 6.54 Å². The van der Waals surface area contributed by atoms with Gasteiger partial charge in [-0.15, -0.1) is 0 Å². The highest BCUT2D eigenvalue weighted by Crippen LogP contribution is 2.78. The van der Waals surface area contributed by atoms with Crippen molar-refractivity contribution in [3.8, 4) is 0 Å². The van der Waals surface area contributed by atoms with Gasteiger partial charge in [0.15, 0.2) is 0 Å². The first kappa shape index (κ1) is 12.7. The van der Waals surface area contributed by atoms with Crippen molar-refractivity contribution >= 4 is 5.91 Å². The van der Waals surface area contributed by atoms with Crippen LogP contribution < -0.4 is 5.32 Å². The van der Waals surface area contributed by atoms with E-state index in [1.54, 1.807) is 0 Å². The molecule has 0 aliphatic heterocycles. The standard InChI is InChI=1S/C12H18F3NO/c1-9(2,3)11-4-10(5-11,6-11)7-16-8(17)12(13,14)15/h4-7H2,1-3H3,(H,16,17). The Morgan fingerprint density at radius 1 is 1.18 bits per heavy atom. The van der Waals surface area contributed by atoms with E-state index in [1.807, 2.05) is 5.32 Å². The van der Waals surface area contributed by atoms with Gasteiger partial charge in [-0.25, -0.2) is 0 Å². The second-order valence-electron chi connectivity index (χ2n) is 6.74. The van der Waals surface area contributed by atoms with E-state index in [0.717, 1.165) is 19.3 Å². The monoisotopic (exact) mass is 249 g/mol. The highest BCUT2D eigenvalue weighted by molar-refractivity contribution is 5.81. The van der Waals surface area contributed by atoms with Crippen molar-refractivity contribution in [3.05, 3.63) is 0 Å². The molecule has 0 unspecified atom stereocenters. The van der Waals surface area contributed by atoms with Gasteiger partial charge in [0.2, 0.25) is 0 Å². The smallest absolute Gasteiger partial charge is 0.348 e. The summed E-state index contributed by atoms with van der Waals surface area (Å²) in [4.78, 5) is 10.7. The molecule has 3 aliphatic carbocycles. The molecule has 0 radical (unpaired) electrons. The first-order valence-corrected chi connectivity index (χ1v) is 5.85. The summed E-state index contributed by atoms with van der Waals surface area (Å²) in [7, 11) is 0. The Hall–Kier alpha value is -0.740. The molecule has 0 heterocycles. The Labute approximate surface area is 98.9 Å². The van der Waals surface area contributed by atoms with Crippen LogP contribution in [0, 0.1) is 16.2 Å². The molecule has 2 nitrogen and oxygen atoms in total. The summed E-state index contributed by atoms with van der Waals surface area (Å²) in [5, 5.41) is 2.01. The maximum absolute atomic E-state index is 12.0. The zero-order valence-corrected chi connectivity index (χ0v) is 10.4. The van der Waals surface area contributed by atoms with Crippen LogP contribution in [0.2, 0.25) is 0 Å². The van der Waals surface area contributed by atoms with Crippen LogP contribution in [-0.2, 0) is 4.79 Å². The SMILES string of the molecule is CC(C)(C)C12CC(CNC(=O)C(F)(F)F)(C1)C2. The zero-order chi connectivity index (χ0) is 13.1. The van der Waals surface area contributed by atoms with Crippen LogP contribution in [0.3, 0.4) is 0 Å². The molecule has 1 N–H and O–H groups in total. The van der Waals surface area contributed by atoms with Crippen LogP contribution in [0.5, 0.6) is 0 Å². The lowest BCUT2D eigenvalue weighted by Crippen LogP contribution is -2.70. The van der Waals surface area contributed by atoms with E-state index in [0.29, 0.717) is 5.41 Å². The molecule has 3 rings (SSSR count). The number of hydrogen-bond donors (Lipinski definition) is 1. The second-order valence-corrected chi connectivity index (χ2v) is 6.74. The summed E-state index contributed by atoms with van der Waals surface area (Å²) < 4.78 is 36.0. The Kier molecular flexibility index (Phi) is 2.37. The maximum atomic E-state index is 12.0.